The molecule has 3 atom stereocenters. The van der Waals surface area contributed by atoms with E-state index >= 15 is 0 Å². The molecular formula is C19H20N2O2S2. The zero-order valence-electron chi connectivity index (χ0n) is 13.7. The molecule has 0 saturated carbocycles. The molecule has 6 heteroatoms. The highest BCUT2D eigenvalue weighted by molar-refractivity contribution is 7.89. The van der Waals surface area contributed by atoms with Crippen LogP contribution in [0.3, 0.4) is 0 Å². The topological polar surface area (TPSA) is 58.2 Å². The van der Waals surface area contributed by atoms with Crippen molar-refractivity contribution in [2.24, 2.45) is 5.92 Å². The van der Waals surface area contributed by atoms with Crippen molar-refractivity contribution < 1.29 is 8.42 Å². The van der Waals surface area contributed by atoms with Crippen LogP contribution in [0.1, 0.15) is 28.8 Å². The first-order valence-electron chi connectivity index (χ1n) is 8.31. The minimum Gasteiger partial charge on any atom is -0.377 e. The second-order valence-corrected chi connectivity index (χ2v) is 9.13. The number of allylic oxidation sites excluding steroid dienone is 2. The summed E-state index contributed by atoms with van der Waals surface area (Å²) in [4.78, 5) is 1.64. The predicted octanol–water partition coefficient (Wildman–Crippen LogP) is 4.04. The van der Waals surface area contributed by atoms with Crippen LogP contribution < -0.4 is 10.0 Å². The molecule has 0 spiro atoms. The monoisotopic (exact) mass is 372 g/mol. The zero-order valence-corrected chi connectivity index (χ0v) is 15.3. The first kappa shape index (κ1) is 16.6. The van der Waals surface area contributed by atoms with E-state index in [0.29, 0.717) is 10.8 Å². The fourth-order valence-electron chi connectivity index (χ4n) is 3.74. The van der Waals surface area contributed by atoms with Crippen LogP contribution in [0.5, 0.6) is 0 Å². The molecule has 25 heavy (non-hydrogen) atoms. The minimum absolute atomic E-state index is 0.226. The van der Waals surface area contributed by atoms with E-state index in [1.807, 2.05) is 12.1 Å². The number of fused-ring (bicyclic) bond motifs is 3. The van der Waals surface area contributed by atoms with Crippen molar-refractivity contribution in [1.29, 1.82) is 0 Å². The van der Waals surface area contributed by atoms with Crippen molar-refractivity contribution in [3.8, 4) is 0 Å². The molecule has 2 aliphatic rings. The van der Waals surface area contributed by atoms with Crippen molar-refractivity contribution >= 4 is 27.0 Å². The van der Waals surface area contributed by atoms with Gasteiger partial charge in [-0.2, -0.15) is 0 Å². The van der Waals surface area contributed by atoms with Crippen molar-refractivity contribution in [2.75, 3.05) is 11.9 Å². The summed E-state index contributed by atoms with van der Waals surface area (Å²) in [7, 11) is -3.51. The van der Waals surface area contributed by atoms with E-state index in [4.69, 9.17) is 0 Å². The van der Waals surface area contributed by atoms with Gasteiger partial charge in [-0.3, -0.25) is 0 Å². The van der Waals surface area contributed by atoms with Gasteiger partial charge < -0.3 is 5.32 Å². The van der Waals surface area contributed by atoms with Crippen molar-refractivity contribution in [2.45, 2.75) is 23.3 Å². The van der Waals surface area contributed by atoms with Gasteiger partial charge in [0.2, 0.25) is 10.0 Å². The Labute approximate surface area is 152 Å². The molecule has 1 aliphatic carbocycles. The fraction of sp³-hybridized carbons (Fsp3) is 0.263. The lowest BCUT2D eigenvalue weighted by Gasteiger charge is -2.37. The van der Waals surface area contributed by atoms with Gasteiger partial charge in [0.25, 0.3) is 0 Å². The predicted molar refractivity (Wildman–Crippen MR) is 102 cm³/mol. The Morgan fingerprint density at radius 1 is 1.36 bits per heavy atom. The molecule has 3 unspecified atom stereocenters. The number of thiophene rings is 1. The maximum Gasteiger partial charge on any atom is 0.240 e. The second kappa shape index (κ2) is 6.44. The van der Waals surface area contributed by atoms with E-state index in [1.165, 1.54) is 4.88 Å². The van der Waals surface area contributed by atoms with Crippen molar-refractivity contribution in [3.63, 3.8) is 0 Å². The molecule has 2 aromatic rings. The smallest absolute Gasteiger partial charge is 0.240 e. The van der Waals surface area contributed by atoms with Crippen LogP contribution in [0, 0.1) is 5.92 Å². The molecule has 0 bridgehead atoms. The SMILES string of the molecule is C=CCNS(=O)(=O)c1ccc2c(c1)C1C=CCC1C(c1cccs1)N2. The van der Waals surface area contributed by atoms with Crippen LogP contribution in [-0.2, 0) is 10.0 Å². The normalized spacial score (nSPS) is 24.4. The first-order valence-corrected chi connectivity index (χ1v) is 10.7. The van der Waals surface area contributed by atoms with Gasteiger partial charge in [0.05, 0.1) is 10.9 Å². The summed E-state index contributed by atoms with van der Waals surface area (Å²) in [6.07, 6.45) is 6.98. The zero-order chi connectivity index (χ0) is 17.4. The van der Waals surface area contributed by atoms with Crippen LogP contribution in [0.2, 0.25) is 0 Å². The fourth-order valence-corrected chi connectivity index (χ4v) is 5.63. The van der Waals surface area contributed by atoms with Crippen LogP contribution in [0.25, 0.3) is 0 Å². The highest BCUT2D eigenvalue weighted by Crippen LogP contribution is 2.50. The highest BCUT2D eigenvalue weighted by atomic mass is 32.2. The molecule has 0 amide bonds. The van der Waals surface area contributed by atoms with Gasteiger partial charge in [-0.05, 0) is 47.5 Å². The average Bonchev–Trinajstić information content (AvgIpc) is 3.30. The third-order valence-electron chi connectivity index (χ3n) is 4.91. The number of rotatable bonds is 5. The van der Waals surface area contributed by atoms with Gasteiger partial charge in [0.1, 0.15) is 0 Å². The van der Waals surface area contributed by atoms with E-state index in [-0.39, 0.29) is 18.5 Å². The molecule has 2 N–H and O–H groups in total. The molecule has 1 aromatic heterocycles. The lowest BCUT2D eigenvalue weighted by molar-refractivity contribution is 0.429. The quantitative estimate of drug-likeness (QED) is 0.779. The van der Waals surface area contributed by atoms with Crippen molar-refractivity contribution in [1.82, 2.24) is 4.72 Å². The Kier molecular flexibility index (Phi) is 4.27. The van der Waals surface area contributed by atoms with E-state index in [0.717, 1.165) is 17.7 Å². The standard InChI is InChI=1S/C19H20N2O2S2/c1-2-10-20-25(22,23)13-8-9-17-16(12-13)14-5-3-6-15(14)19(21-17)18-7-4-11-24-18/h2-5,7-9,11-12,14-15,19-21H,1,6,10H2. The van der Waals surface area contributed by atoms with E-state index < -0.39 is 10.0 Å². The number of anilines is 1. The van der Waals surface area contributed by atoms with E-state index in [2.05, 4.69) is 46.3 Å². The summed E-state index contributed by atoms with van der Waals surface area (Å²) in [6.45, 7) is 3.79. The van der Waals surface area contributed by atoms with Gasteiger partial charge in [0.15, 0.2) is 0 Å². The Morgan fingerprint density at radius 3 is 3.00 bits per heavy atom. The Hall–Kier alpha value is -1.89. The third kappa shape index (κ3) is 2.94. The van der Waals surface area contributed by atoms with E-state index in [1.54, 1.807) is 23.5 Å². The molecule has 0 saturated heterocycles. The van der Waals surface area contributed by atoms with Crippen LogP contribution in [0.4, 0.5) is 5.69 Å². The molecular weight excluding hydrogens is 352 g/mol. The summed E-state index contributed by atoms with van der Waals surface area (Å²) in [6, 6.07) is 9.89. The molecule has 4 rings (SSSR count). The number of nitrogens with one attached hydrogen (secondary N) is 2. The maximum absolute atomic E-state index is 12.4. The maximum atomic E-state index is 12.4. The van der Waals surface area contributed by atoms with Crippen LogP contribution in [-0.4, -0.2) is 15.0 Å². The highest BCUT2D eigenvalue weighted by Gasteiger charge is 2.38. The Morgan fingerprint density at radius 2 is 2.24 bits per heavy atom. The summed E-state index contributed by atoms with van der Waals surface area (Å²) < 4.78 is 27.4. The lowest BCUT2D eigenvalue weighted by atomic mass is 9.79. The summed E-state index contributed by atoms with van der Waals surface area (Å²) in [5.74, 6) is 0.670. The largest absolute Gasteiger partial charge is 0.377 e. The minimum atomic E-state index is -3.51. The van der Waals surface area contributed by atoms with Crippen molar-refractivity contribution in [3.05, 3.63) is 71.0 Å². The summed E-state index contributed by atoms with van der Waals surface area (Å²) >= 11 is 1.76. The lowest BCUT2D eigenvalue weighted by Crippen LogP contribution is -2.29. The number of hydrogen-bond donors (Lipinski definition) is 2. The Bertz CT molecular complexity index is 917. The first-order chi connectivity index (χ1) is 12.1. The second-order valence-electron chi connectivity index (χ2n) is 6.38. The van der Waals surface area contributed by atoms with Gasteiger partial charge in [-0.15, -0.1) is 17.9 Å². The number of hydrogen-bond acceptors (Lipinski definition) is 4. The average molecular weight is 373 g/mol. The Balaban J connectivity index is 1.73. The number of benzene rings is 1. The molecule has 0 fully saturated rings. The van der Waals surface area contributed by atoms with Crippen LogP contribution >= 0.6 is 11.3 Å². The number of sulfonamides is 1. The van der Waals surface area contributed by atoms with Gasteiger partial charge in [-0.1, -0.05) is 24.3 Å². The van der Waals surface area contributed by atoms with Crippen LogP contribution in [0.15, 0.2) is 65.4 Å². The molecule has 4 nitrogen and oxygen atoms in total. The summed E-state index contributed by atoms with van der Waals surface area (Å²) in [5.41, 5.74) is 2.09. The van der Waals surface area contributed by atoms with Gasteiger partial charge >= 0.3 is 0 Å². The van der Waals surface area contributed by atoms with Gasteiger partial charge in [0, 0.05) is 23.0 Å². The molecule has 1 aromatic carbocycles. The third-order valence-corrected chi connectivity index (χ3v) is 7.29. The van der Waals surface area contributed by atoms with E-state index in [9.17, 15) is 8.42 Å². The molecule has 2 heterocycles. The summed E-state index contributed by atoms with van der Waals surface area (Å²) in [5, 5.41) is 5.73. The molecule has 130 valence electrons. The molecule has 0 radical (unpaired) electrons. The van der Waals surface area contributed by atoms with Gasteiger partial charge in [-0.25, -0.2) is 13.1 Å². The molecule has 1 aliphatic heterocycles.